The van der Waals surface area contributed by atoms with Gasteiger partial charge in [-0.25, -0.2) is 0 Å². The minimum absolute atomic E-state index is 0.123. The van der Waals surface area contributed by atoms with E-state index >= 15 is 0 Å². The van der Waals surface area contributed by atoms with Crippen LogP contribution >= 0.6 is 0 Å². The van der Waals surface area contributed by atoms with Crippen molar-refractivity contribution in [3.63, 3.8) is 0 Å². The Balaban J connectivity index is 1.74. The summed E-state index contributed by atoms with van der Waals surface area (Å²) < 4.78 is 29.0. The molecule has 1 aromatic carbocycles. The Kier molecular flexibility index (Phi) is 4.66. The van der Waals surface area contributed by atoms with Gasteiger partial charge >= 0.3 is 0 Å². The van der Waals surface area contributed by atoms with Gasteiger partial charge in [-0.15, -0.1) is 0 Å². The second-order valence-corrected chi connectivity index (χ2v) is 8.05. The van der Waals surface area contributed by atoms with E-state index in [4.69, 9.17) is 0 Å². The summed E-state index contributed by atoms with van der Waals surface area (Å²) in [6, 6.07) is 10.3. The predicted molar refractivity (Wildman–Crippen MR) is 89.5 cm³/mol. The van der Waals surface area contributed by atoms with Crippen LogP contribution in [0.3, 0.4) is 0 Å². The van der Waals surface area contributed by atoms with Gasteiger partial charge in [0.1, 0.15) is 0 Å². The summed E-state index contributed by atoms with van der Waals surface area (Å²) in [4.78, 5) is 0. The fourth-order valence-corrected chi connectivity index (χ4v) is 5.14. The fourth-order valence-electron chi connectivity index (χ4n) is 3.34. The summed E-state index contributed by atoms with van der Waals surface area (Å²) in [5.41, 5.74) is 2.45. The van der Waals surface area contributed by atoms with Crippen LogP contribution in [0, 0.1) is 0 Å². The standard InChI is InChI=1S/C17H24N2O2S/c1-15-7-5-6-12-19(15)22(20,21)18-13-10-17(11-14-18)16-8-3-2-4-9-16/h2-4,8-10,15H,5-7,11-14H2,1H3/t15-/m0/s1. The van der Waals surface area contributed by atoms with Crippen LogP contribution in [-0.2, 0) is 10.2 Å². The van der Waals surface area contributed by atoms with Crippen molar-refractivity contribution in [1.29, 1.82) is 0 Å². The highest BCUT2D eigenvalue weighted by atomic mass is 32.2. The molecule has 5 heteroatoms. The van der Waals surface area contributed by atoms with Crippen molar-refractivity contribution in [2.24, 2.45) is 0 Å². The summed E-state index contributed by atoms with van der Waals surface area (Å²) in [5.74, 6) is 0. The molecular formula is C17H24N2O2S. The molecule has 1 saturated heterocycles. The van der Waals surface area contributed by atoms with E-state index in [9.17, 15) is 8.42 Å². The van der Waals surface area contributed by atoms with Gasteiger partial charge in [0, 0.05) is 25.7 Å². The van der Waals surface area contributed by atoms with Gasteiger partial charge < -0.3 is 0 Å². The molecule has 0 N–H and O–H groups in total. The van der Waals surface area contributed by atoms with E-state index in [1.807, 2.05) is 25.1 Å². The fraction of sp³-hybridized carbons (Fsp3) is 0.529. The molecule has 4 nitrogen and oxygen atoms in total. The number of hydrogen-bond acceptors (Lipinski definition) is 2. The van der Waals surface area contributed by atoms with Gasteiger partial charge in [0.2, 0.25) is 0 Å². The van der Waals surface area contributed by atoms with Crippen LogP contribution in [0.5, 0.6) is 0 Å². The summed E-state index contributed by atoms with van der Waals surface area (Å²) >= 11 is 0. The molecule has 1 atom stereocenters. The molecule has 1 aromatic rings. The molecule has 0 saturated carbocycles. The Bertz CT molecular complexity index is 640. The first-order valence-corrected chi connectivity index (χ1v) is 9.50. The molecule has 3 rings (SSSR count). The van der Waals surface area contributed by atoms with Gasteiger partial charge in [0.05, 0.1) is 0 Å². The molecule has 1 fully saturated rings. The molecule has 0 radical (unpaired) electrons. The second kappa shape index (κ2) is 6.52. The van der Waals surface area contributed by atoms with Gasteiger partial charge in [-0.2, -0.15) is 17.0 Å². The highest BCUT2D eigenvalue weighted by Crippen LogP contribution is 2.27. The van der Waals surface area contributed by atoms with Crippen molar-refractivity contribution in [2.75, 3.05) is 19.6 Å². The lowest BCUT2D eigenvalue weighted by Crippen LogP contribution is -2.50. The highest BCUT2D eigenvalue weighted by molar-refractivity contribution is 7.86. The zero-order valence-electron chi connectivity index (χ0n) is 13.1. The first kappa shape index (κ1) is 15.7. The number of piperidine rings is 1. The molecule has 0 aromatic heterocycles. The van der Waals surface area contributed by atoms with Gasteiger partial charge in [-0.05, 0) is 37.3 Å². The van der Waals surface area contributed by atoms with Gasteiger partial charge in [0.25, 0.3) is 10.2 Å². The van der Waals surface area contributed by atoms with Crippen molar-refractivity contribution in [3.8, 4) is 0 Å². The average molecular weight is 320 g/mol. The molecule has 0 spiro atoms. The van der Waals surface area contributed by atoms with Crippen LogP contribution in [0.1, 0.15) is 38.2 Å². The molecule has 0 unspecified atom stereocenters. The molecule has 0 bridgehead atoms. The normalized spacial score (nSPS) is 25.0. The average Bonchev–Trinajstić information content (AvgIpc) is 2.56. The van der Waals surface area contributed by atoms with Crippen molar-refractivity contribution < 1.29 is 8.42 Å². The van der Waals surface area contributed by atoms with Gasteiger partial charge in [-0.1, -0.05) is 42.8 Å². The molecule has 22 heavy (non-hydrogen) atoms. The van der Waals surface area contributed by atoms with Gasteiger partial charge in [-0.3, -0.25) is 0 Å². The highest BCUT2D eigenvalue weighted by Gasteiger charge is 2.34. The number of benzene rings is 1. The smallest absolute Gasteiger partial charge is 0.195 e. The molecule has 2 aliphatic heterocycles. The maximum atomic E-state index is 12.8. The maximum Gasteiger partial charge on any atom is 0.282 e. The van der Waals surface area contributed by atoms with Crippen LogP contribution < -0.4 is 0 Å². The van der Waals surface area contributed by atoms with Crippen LogP contribution in [0.4, 0.5) is 0 Å². The third-order valence-electron chi connectivity index (χ3n) is 4.68. The Morgan fingerprint density at radius 1 is 1.09 bits per heavy atom. The Morgan fingerprint density at radius 2 is 1.86 bits per heavy atom. The Labute approximate surface area is 133 Å². The lowest BCUT2D eigenvalue weighted by molar-refractivity contribution is 0.247. The lowest BCUT2D eigenvalue weighted by Gasteiger charge is -2.37. The summed E-state index contributed by atoms with van der Waals surface area (Å²) in [6.07, 6.45) is 5.92. The number of nitrogens with zero attached hydrogens (tertiary/aromatic N) is 2. The number of rotatable bonds is 3. The van der Waals surface area contributed by atoms with E-state index in [0.29, 0.717) is 19.6 Å². The molecule has 0 amide bonds. The zero-order valence-corrected chi connectivity index (χ0v) is 13.9. The van der Waals surface area contributed by atoms with E-state index in [2.05, 4.69) is 18.2 Å². The quantitative estimate of drug-likeness (QED) is 0.859. The molecule has 2 heterocycles. The van der Waals surface area contributed by atoms with Crippen molar-refractivity contribution in [1.82, 2.24) is 8.61 Å². The summed E-state index contributed by atoms with van der Waals surface area (Å²) in [6.45, 7) is 3.74. The topological polar surface area (TPSA) is 40.6 Å². The molecule has 120 valence electrons. The maximum absolute atomic E-state index is 12.8. The summed E-state index contributed by atoms with van der Waals surface area (Å²) in [5, 5.41) is 0. The Hall–Kier alpha value is -1.17. The predicted octanol–water partition coefficient (Wildman–Crippen LogP) is 2.89. The molecule has 2 aliphatic rings. The third-order valence-corrected chi connectivity index (χ3v) is 6.80. The van der Waals surface area contributed by atoms with Crippen LogP contribution in [0.15, 0.2) is 36.4 Å². The van der Waals surface area contributed by atoms with Crippen LogP contribution in [-0.4, -0.2) is 42.7 Å². The van der Waals surface area contributed by atoms with Gasteiger partial charge in [0.15, 0.2) is 0 Å². The van der Waals surface area contributed by atoms with Crippen molar-refractivity contribution >= 4 is 15.8 Å². The van der Waals surface area contributed by atoms with Crippen LogP contribution in [0.2, 0.25) is 0 Å². The monoisotopic (exact) mass is 320 g/mol. The minimum atomic E-state index is -3.32. The lowest BCUT2D eigenvalue weighted by atomic mass is 10.0. The van der Waals surface area contributed by atoms with E-state index in [1.165, 1.54) is 11.1 Å². The van der Waals surface area contributed by atoms with Crippen molar-refractivity contribution in [2.45, 2.75) is 38.6 Å². The first-order chi connectivity index (χ1) is 10.6. The summed E-state index contributed by atoms with van der Waals surface area (Å²) in [7, 11) is -3.32. The largest absolute Gasteiger partial charge is 0.282 e. The van der Waals surface area contributed by atoms with E-state index in [1.54, 1.807) is 8.61 Å². The van der Waals surface area contributed by atoms with E-state index < -0.39 is 10.2 Å². The molecular weight excluding hydrogens is 296 g/mol. The molecule has 0 aliphatic carbocycles. The minimum Gasteiger partial charge on any atom is -0.195 e. The first-order valence-electron chi connectivity index (χ1n) is 8.10. The zero-order chi connectivity index (χ0) is 15.6. The van der Waals surface area contributed by atoms with E-state index in [0.717, 1.165) is 25.7 Å². The third kappa shape index (κ3) is 3.12. The second-order valence-electron chi connectivity index (χ2n) is 6.17. The SMILES string of the molecule is C[C@H]1CCCCN1S(=O)(=O)N1CC=C(c2ccccc2)CC1. The Morgan fingerprint density at radius 3 is 2.50 bits per heavy atom. The number of hydrogen-bond donors (Lipinski definition) is 0. The van der Waals surface area contributed by atoms with E-state index in [-0.39, 0.29) is 6.04 Å². The van der Waals surface area contributed by atoms with Crippen molar-refractivity contribution in [3.05, 3.63) is 42.0 Å². The van der Waals surface area contributed by atoms with Crippen LogP contribution in [0.25, 0.3) is 5.57 Å².